The van der Waals surface area contributed by atoms with E-state index in [1.807, 2.05) is 13.8 Å². The fraction of sp³-hybridized carbons (Fsp3) is 0.300. The lowest BCUT2D eigenvalue weighted by Crippen LogP contribution is -2.39. The van der Waals surface area contributed by atoms with Gasteiger partial charge in [0.05, 0.1) is 17.5 Å². The molecular weight excluding hydrogens is 335 g/mol. The van der Waals surface area contributed by atoms with Gasteiger partial charge in [-0.3, -0.25) is 9.59 Å². The van der Waals surface area contributed by atoms with Gasteiger partial charge in [-0.25, -0.2) is 4.39 Å². The molecule has 5 nitrogen and oxygen atoms in total. The van der Waals surface area contributed by atoms with Crippen molar-refractivity contribution in [2.45, 2.75) is 20.3 Å². The molecule has 3 rings (SSSR count). The Balaban J connectivity index is 1.76. The number of benzene rings is 2. The van der Waals surface area contributed by atoms with Crippen molar-refractivity contribution in [1.29, 1.82) is 0 Å². The fourth-order valence-electron chi connectivity index (χ4n) is 2.86. The van der Waals surface area contributed by atoms with Crippen LogP contribution in [0.3, 0.4) is 0 Å². The Hall–Kier alpha value is -2.89. The standard InChI is InChI=1S/C20H21FN2O3/c1-20(2)12-26-17-9-8-15(11-16(17)23(3)19(20)25)22-18(24)10-13-4-6-14(21)7-5-13/h4-9,11H,10,12H2,1-3H3,(H,22,24). The topological polar surface area (TPSA) is 58.6 Å². The van der Waals surface area contributed by atoms with Gasteiger partial charge >= 0.3 is 0 Å². The van der Waals surface area contributed by atoms with Crippen molar-refractivity contribution in [2.24, 2.45) is 5.41 Å². The summed E-state index contributed by atoms with van der Waals surface area (Å²) in [7, 11) is 1.70. The number of halogens is 1. The lowest BCUT2D eigenvalue weighted by Gasteiger charge is -2.24. The maximum atomic E-state index is 12.9. The van der Waals surface area contributed by atoms with Crippen molar-refractivity contribution in [3.05, 3.63) is 53.8 Å². The predicted molar refractivity (Wildman–Crippen MR) is 97.9 cm³/mol. The molecule has 1 aliphatic heterocycles. The van der Waals surface area contributed by atoms with Crippen LogP contribution in [0.25, 0.3) is 0 Å². The van der Waals surface area contributed by atoms with Gasteiger partial charge in [0.2, 0.25) is 11.8 Å². The van der Waals surface area contributed by atoms with Gasteiger partial charge in [0.1, 0.15) is 18.2 Å². The van der Waals surface area contributed by atoms with Crippen LogP contribution < -0.4 is 15.0 Å². The first-order valence-electron chi connectivity index (χ1n) is 8.35. The highest BCUT2D eigenvalue weighted by atomic mass is 19.1. The molecule has 2 amide bonds. The van der Waals surface area contributed by atoms with Gasteiger partial charge in [-0.1, -0.05) is 12.1 Å². The van der Waals surface area contributed by atoms with E-state index in [-0.39, 0.29) is 24.1 Å². The molecule has 26 heavy (non-hydrogen) atoms. The summed E-state index contributed by atoms with van der Waals surface area (Å²) in [5.74, 6) is -0.00931. The molecule has 0 fully saturated rings. The number of hydrogen-bond acceptors (Lipinski definition) is 3. The van der Waals surface area contributed by atoms with Gasteiger partial charge in [0, 0.05) is 12.7 Å². The first kappa shape index (κ1) is 17.9. The van der Waals surface area contributed by atoms with Gasteiger partial charge in [0.15, 0.2) is 0 Å². The zero-order valence-corrected chi connectivity index (χ0v) is 15.0. The Kier molecular flexibility index (Phi) is 4.68. The molecule has 0 aromatic heterocycles. The van der Waals surface area contributed by atoms with E-state index in [0.717, 1.165) is 5.56 Å². The van der Waals surface area contributed by atoms with Crippen LogP contribution in [0.1, 0.15) is 19.4 Å². The molecule has 0 radical (unpaired) electrons. The highest BCUT2D eigenvalue weighted by Crippen LogP contribution is 2.37. The minimum atomic E-state index is -0.625. The summed E-state index contributed by atoms with van der Waals surface area (Å²) in [6, 6.07) is 11.0. The van der Waals surface area contributed by atoms with Crippen LogP contribution in [0.2, 0.25) is 0 Å². The Morgan fingerprint density at radius 2 is 1.92 bits per heavy atom. The number of nitrogens with one attached hydrogen (secondary N) is 1. The monoisotopic (exact) mass is 356 g/mol. The molecular formula is C20H21FN2O3. The fourth-order valence-corrected chi connectivity index (χ4v) is 2.86. The number of rotatable bonds is 3. The molecule has 0 atom stereocenters. The van der Waals surface area contributed by atoms with Crippen molar-refractivity contribution in [3.63, 3.8) is 0 Å². The molecule has 0 unspecified atom stereocenters. The van der Waals surface area contributed by atoms with Crippen molar-refractivity contribution >= 4 is 23.2 Å². The summed E-state index contributed by atoms with van der Waals surface area (Å²) in [5, 5.41) is 2.81. The second kappa shape index (κ2) is 6.78. The average Bonchev–Trinajstić information content (AvgIpc) is 2.68. The highest BCUT2D eigenvalue weighted by Gasteiger charge is 2.36. The smallest absolute Gasteiger partial charge is 0.235 e. The largest absolute Gasteiger partial charge is 0.490 e. The summed E-state index contributed by atoms with van der Waals surface area (Å²) in [6.45, 7) is 3.96. The lowest BCUT2D eigenvalue weighted by atomic mass is 9.93. The minimum absolute atomic E-state index is 0.0500. The molecule has 1 N–H and O–H groups in total. The summed E-state index contributed by atoms with van der Waals surface area (Å²) in [4.78, 5) is 26.3. The average molecular weight is 356 g/mol. The quantitative estimate of drug-likeness (QED) is 0.917. The Morgan fingerprint density at radius 1 is 1.23 bits per heavy atom. The van der Waals surface area contributed by atoms with E-state index < -0.39 is 5.41 Å². The minimum Gasteiger partial charge on any atom is -0.490 e. The predicted octanol–water partition coefficient (Wildman–Crippen LogP) is 3.39. The zero-order chi connectivity index (χ0) is 18.9. The van der Waals surface area contributed by atoms with Crippen LogP contribution in [0, 0.1) is 11.2 Å². The molecule has 136 valence electrons. The third-order valence-corrected chi connectivity index (χ3v) is 4.35. The molecule has 6 heteroatoms. The number of fused-ring (bicyclic) bond motifs is 1. The zero-order valence-electron chi connectivity index (χ0n) is 15.0. The van der Waals surface area contributed by atoms with E-state index in [2.05, 4.69) is 5.32 Å². The van der Waals surface area contributed by atoms with Gasteiger partial charge < -0.3 is 15.0 Å². The summed E-state index contributed by atoms with van der Waals surface area (Å²) in [5.41, 5.74) is 1.27. The second-order valence-electron chi connectivity index (χ2n) is 7.07. The Bertz CT molecular complexity index is 847. The number of nitrogens with zero attached hydrogens (tertiary/aromatic N) is 1. The summed E-state index contributed by atoms with van der Waals surface area (Å²) in [6.07, 6.45) is 0.135. The van der Waals surface area contributed by atoms with Crippen LogP contribution in [0.5, 0.6) is 5.75 Å². The summed E-state index contributed by atoms with van der Waals surface area (Å²) >= 11 is 0. The van der Waals surface area contributed by atoms with Gasteiger partial charge in [-0.15, -0.1) is 0 Å². The second-order valence-corrected chi connectivity index (χ2v) is 7.07. The van der Waals surface area contributed by atoms with Crippen LogP contribution in [0.15, 0.2) is 42.5 Å². The number of anilines is 2. The SMILES string of the molecule is CN1C(=O)C(C)(C)COc2ccc(NC(=O)Cc3ccc(F)cc3)cc21. The normalized spacial score (nSPS) is 15.7. The highest BCUT2D eigenvalue weighted by molar-refractivity contribution is 6.00. The van der Waals surface area contributed by atoms with Crippen LogP contribution >= 0.6 is 0 Å². The van der Waals surface area contributed by atoms with Crippen molar-refractivity contribution < 1.29 is 18.7 Å². The van der Waals surface area contributed by atoms with Crippen LogP contribution in [0.4, 0.5) is 15.8 Å². The van der Waals surface area contributed by atoms with E-state index in [9.17, 15) is 14.0 Å². The van der Waals surface area contributed by atoms with E-state index in [1.54, 1.807) is 42.3 Å². The molecule has 1 heterocycles. The number of carbonyl (C=O) groups is 2. The van der Waals surface area contributed by atoms with Crippen molar-refractivity contribution in [3.8, 4) is 5.75 Å². The molecule has 0 aliphatic carbocycles. The van der Waals surface area contributed by atoms with E-state index in [0.29, 0.717) is 23.7 Å². The third-order valence-electron chi connectivity index (χ3n) is 4.35. The first-order valence-corrected chi connectivity index (χ1v) is 8.35. The third kappa shape index (κ3) is 3.69. The molecule has 2 aromatic rings. The Morgan fingerprint density at radius 3 is 2.62 bits per heavy atom. The number of carbonyl (C=O) groups excluding carboxylic acids is 2. The first-order chi connectivity index (χ1) is 12.3. The molecule has 0 spiro atoms. The van der Waals surface area contributed by atoms with Crippen molar-refractivity contribution in [2.75, 3.05) is 23.9 Å². The lowest BCUT2D eigenvalue weighted by molar-refractivity contribution is -0.127. The summed E-state index contributed by atoms with van der Waals surface area (Å²) < 4.78 is 18.7. The van der Waals surface area contributed by atoms with E-state index in [1.165, 1.54) is 12.1 Å². The molecule has 0 bridgehead atoms. The molecule has 1 aliphatic rings. The van der Waals surface area contributed by atoms with Gasteiger partial charge in [-0.2, -0.15) is 0 Å². The van der Waals surface area contributed by atoms with Crippen LogP contribution in [-0.4, -0.2) is 25.5 Å². The Labute approximate surface area is 151 Å². The molecule has 2 aromatic carbocycles. The van der Waals surface area contributed by atoms with Gasteiger partial charge in [0.25, 0.3) is 0 Å². The molecule has 0 saturated carbocycles. The van der Waals surface area contributed by atoms with E-state index >= 15 is 0 Å². The van der Waals surface area contributed by atoms with Gasteiger partial charge in [-0.05, 0) is 49.7 Å². The van der Waals surface area contributed by atoms with E-state index in [4.69, 9.17) is 4.74 Å². The maximum absolute atomic E-state index is 12.9. The number of amides is 2. The van der Waals surface area contributed by atoms with Crippen LogP contribution in [-0.2, 0) is 16.0 Å². The van der Waals surface area contributed by atoms with Crippen molar-refractivity contribution in [1.82, 2.24) is 0 Å². The maximum Gasteiger partial charge on any atom is 0.235 e. The number of hydrogen-bond donors (Lipinski definition) is 1. The molecule has 0 saturated heterocycles. The number of ether oxygens (including phenoxy) is 1.